The first-order valence-corrected chi connectivity index (χ1v) is 7.12. The molecule has 110 valence electrons. The van der Waals surface area contributed by atoms with Crippen molar-refractivity contribution in [3.63, 3.8) is 0 Å². The van der Waals surface area contributed by atoms with Gasteiger partial charge in [-0.3, -0.25) is 10.1 Å². The molecule has 2 aromatic carbocycles. The van der Waals surface area contributed by atoms with Gasteiger partial charge in [0.1, 0.15) is 5.75 Å². The van der Waals surface area contributed by atoms with E-state index in [1.807, 2.05) is 31.2 Å². The van der Waals surface area contributed by atoms with E-state index in [2.05, 4.69) is 21.2 Å². The molecule has 0 saturated heterocycles. The SMILES string of the molecule is COc1cc(C)ccc1NCc1ccc(Br)c([N+](=O)[O-])c1. The molecule has 0 unspecified atom stereocenters. The van der Waals surface area contributed by atoms with E-state index in [-0.39, 0.29) is 5.69 Å². The smallest absolute Gasteiger partial charge is 0.283 e. The van der Waals surface area contributed by atoms with Crippen LogP contribution in [-0.2, 0) is 6.54 Å². The number of benzene rings is 2. The normalized spacial score (nSPS) is 10.2. The molecular formula is C15H15BrN2O3. The first-order valence-electron chi connectivity index (χ1n) is 6.32. The summed E-state index contributed by atoms with van der Waals surface area (Å²) in [6.45, 7) is 2.47. The summed E-state index contributed by atoms with van der Waals surface area (Å²) in [5.74, 6) is 0.751. The molecule has 0 fully saturated rings. The fourth-order valence-corrected chi connectivity index (χ4v) is 2.34. The van der Waals surface area contributed by atoms with Crippen LogP contribution in [0, 0.1) is 17.0 Å². The van der Waals surface area contributed by atoms with Crippen molar-refractivity contribution in [3.05, 3.63) is 62.1 Å². The average Bonchev–Trinajstić information content (AvgIpc) is 2.46. The van der Waals surface area contributed by atoms with Crippen LogP contribution in [0.3, 0.4) is 0 Å². The van der Waals surface area contributed by atoms with Gasteiger partial charge in [-0.25, -0.2) is 0 Å². The second-order valence-electron chi connectivity index (χ2n) is 4.60. The highest BCUT2D eigenvalue weighted by Gasteiger charge is 2.12. The van der Waals surface area contributed by atoms with E-state index >= 15 is 0 Å². The predicted molar refractivity (Wildman–Crippen MR) is 85.9 cm³/mol. The third-order valence-electron chi connectivity index (χ3n) is 3.05. The summed E-state index contributed by atoms with van der Waals surface area (Å²) in [4.78, 5) is 10.5. The predicted octanol–water partition coefficient (Wildman–Crippen LogP) is 4.29. The Morgan fingerprint density at radius 3 is 2.71 bits per heavy atom. The van der Waals surface area contributed by atoms with E-state index in [0.29, 0.717) is 11.0 Å². The van der Waals surface area contributed by atoms with Crippen molar-refractivity contribution in [1.29, 1.82) is 0 Å². The third kappa shape index (κ3) is 3.72. The standard InChI is InChI=1S/C15H15BrN2O3/c1-10-3-6-13(15(7-10)21-2)17-9-11-4-5-12(16)14(8-11)18(19)20/h3-8,17H,9H2,1-2H3. The molecule has 0 spiro atoms. The molecule has 0 aliphatic carbocycles. The van der Waals surface area contributed by atoms with Crippen LogP contribution in [0.15, 0.2) is 40.9 Å². The van der Waals surface area contributed by atoms with Gasteiger partial charge in [-0.15, -0.1) is 0 Å². The van der Waals surface area contributed by atoms with E-state index in [0.717, 1.165) is 22.6 Å². The molecule has 0 amide bonds. The van der Waals surface area contributed by atoms with Crippen LogP contribution in [0.5, 0.6) is 5.75 Å². The number of halogens is 1. The molecule has 5 nitrogen and oxygen atoms in total. The number of nitrogens with one attached hydrogen (secondary N) is 1. The highest BCUT2D eigenvalue weighted by atomic mass is 79.9. The maximum Gasteiger partial charge on any atom is 0.283 e. The summed E-state index contributed by atoms with van der Waals surface area (Å²) in [7, 11) is 1.62. The quantitative estimate of drug-likeness (QED) is 0.645. The van der Waals surface area contributed by atoms with E-state index < -0.39 is 4.92 Å². The summed E-state index contributed by atoms with van der Waals surface area (Å²) < 4.78 is 5.79. The van der Waals surface area contributed by atoms with Crippen LogP contribution in [-0.4, -0.2) is 12.0 Å². The summed E-state index contributed by atoms with van der Waals surface area (Å²) in [6, 6.07) is 10.9. The van der Waals surface area contributed by atoms with Crippen molar-refractivity contribution in [2.75, 3.05) is 12.4 Å². The number of rotatable bonds is 5. The molecule has 0 bridgehead atoms. The van der Waals surface area contributed by atoms with Gasteiger partial charge in [-0.05, 0) is 52.2 Å². The molecule has 0 aromatic heterocycles. The van der Waals surface area contributed by atoms with Gasteiger partial charge in [0.25, 0.3) is 5.69 Å². The van der Waals surface area contributed by atoms with E-state index in [1.54, 1.807) is 19.2 Å². The largest absolute Gasteiger partial charge is 0.495 e. The van der Waals surface area contributed by atoms with Crippen LogP contribution in [0.4, 0.5) is 11.4 Å². The lowest BCUT2D eigenvalue weighted by atomic mass is 10.1. The second kappa shape index (κ2) is 6.58. The summed E-state index contributed by atoms with van der Waals surface area (Å²) in [5.41, 5.74) is 2.85. The molecule has 0 saturated carbocycles. The number of nitrogens with zero attached hydrogens (tertiary/aromatic N) is 1. The van der Waals surface area contributed by atoms with Crippen molar-refractivity contribution in [2.24, 2.45) is 0 Å². The van der Waals surface area contributed by atoms with Crippen LogP contribution < -0.4 is 10.1 Å². The molecule has 0 heterocycles. The number of ether oxygens (including phenoxy) is 1. The topological polar surface area (TPSA) is 64.4 Å². The Morgan fingerprint density at radius 1 is 1.29 bits per heavy atom. The summed E-state index contributed by atoms with van der Waals surface area (Å²) >= 11 is 3.18. The molecule has 21 heavy (non-hydrogen) atoms. The highest BCUT2D eigenvalue weighted by Crippen LogP contribution is 2.28. The zero-order chi connectivity index (χ0) is 15.4. The van der Waals surface area contributed by atoms with Gasteiger partial charge in [-0.2, -0.15) is 0 Å². The van der Waals surface area contributed by atoms with Crippen molar-refractivity contribution in [2.45, 2.75) is 13.5 Å². The van der Waals surface area contributed by atoms with E-state index in [1.165, 1.54) is 0 Å². The number of methoxy groups -OCH3 is 1. The monoisotopic (exact) mass is 350 g/mol. The van der Waals surface area contributed by atoms with Crippen molar-refractivity contribution >= 4 is 27.3 Å². The molecular weight excluding hydrogens is 336 g/mol. The van der Waals surface area contributed by atoms with Gasteiger partial charge >= 0.3 is 0 Å². The Hall–Kier alpha value is -2.08. The zero-order valence-electron chi connectivity index (χ0n) is 11.7. The Bertz CT molecular complexity index is 674. The Kier molecular flexibility index (Phi) is 4.80. The lowest BCUT2D eigenvalue weighted by Gasteiger charge is -2.12. The number of aryl methyl sites for hydroxylation is 1. The maximum absolute atomic E-state index is 10.9. The van der Waals surface area contributed by atoms with E-state index in [9.17, 15) is 10.1 Å². The van der Waals surface area contributed by atoms with Gasteiger partial charge < -0.3 is 10.1 Å². The minimum Gasteiger partial charge on any atom is -0.495 e. The Morgan fingerprint density at radius 2 is 2.05 bits per heavy atom. The lowest BCUT2D eigenvalue weighted by molar-refractivity contribution is -0.385. The first kappa shape index (κ1) is 15.3. The minimum atomic E-state index is -0.403. The number of hydrogen-bond acceptors (Lipinski definition) is 4. The van der Waals surface area contributed by atoms with Gasteiger partial charge in [0, 0.05) is 12.6 Å². The molecule has 2 rings (SSSR count). The van der Waals surface area contributed by atoms with Crippen molar-refractivity contribution in [1.82, 2.24) is 0 Å². The molecule has 0 aliphatic rings. The first-order chi connectivity index (χ1) is 10.0. The summed E-state index contributed by atoms with van der Waals surface area (Å²) in [6.07, 6.45) is 0. The second-order valence-corrected chi connectivity index (χ2v) is 5.45. The van der Waals surface area contributed by atoms with Crippen LogP contribution in [0.2, 0.25) is 0 Å². The molecule has 1 N–H and O–H groups in total. The third-order valence-corrected chi connectivity index (χ3v) is 3.72. The number of hydrogen-bond donors (Lipinski definition) is 1. The summed E-state index contributed by atoms with van der Waals surface area (Å²) in [5, 5.41) is 14.2. The lowest BCUT2D eigenvalue weighted by Crippen LogP contribution is -2.02. The average molecular weight is 351 g/mol. The van der Waals surface area contributed by atoms with Gasteiger partial charge in [0.05, 0.1) is 22.2 Å². The van der Waals surface area contributed by atoms with Gasteiger partial charge in [-0.1, -0.05) is 12.1 Å². The molecule has 6 heteroatoms. The molecule has 0 aliphatic heterocycles. The Balaban J connectivity index is 2.17. The van der Waals surface area contributed by atoms with Crippen LogP contribution >= 0.6 is 15.9 Å². The number of nitro benzene ring substituents is 1. The molecule has 2 aromatic rings. The van der Waals surface area contributed by atoms with Crippen LogP contribution in [0.25, 0.3) is 0 Å². The van der Waals surface area contributed by atoms with Crippen molar-refractivity contribution in [3.8, 4) is 5.75 Å². The highest BCUT2D eigenvalue weighted by molar-refractivity contribution is 9.10. The fraction of sp³-hybridized carbons (Fsp3) is 0.200. The number of anilines is 1. The van der Waals surface area contributed by atoms with Crippen molar-refractivity contribution < 1.29 is 9.66 Å². The molecule has 0 radical (unpaired) electrons. The zero-order valence-corrected chi connectivity index (χ0v) is 13.3. The van der Waals surface area contributed by atoms with Crippen LogP contribution in [0.1, 0.15) is 11.1 Å². The van der Waals surface area contributed by atoms with E-state index in [4.69, 9.17) is 4.74 Å². The Labute approximate surface area is 131 Å². The van der Waals surface area contributed by atoms with Gasteiger partial charge in [0.15, 0.2) is 0 Å². The maximum atomic E-state index is 10.9. The van der Waals surface area contributed by atoms with Gasteiger partial charge in [0.2, 0.25) is 0 Å². The fourth-order valence-electron chi connectivity index (χ4n) is 1.95. The minimum absolute atomic E-state index is 0.0603. The molecule has 0 atom stereocenters. The number of nitro groups is 1.